The molecule has 76 valence electrons. The van der Waals surface area contributed by atoms with Crippen molar-refractivity contribution in [3.8, 4) is 0 Å². The molecule has 0 saturated heterocycles. The fraction of sp³-hybridized carbons (Fsp3) is 0.900. The number of nitrogens with two attached hydrogens (primary N) is 1. The minimum atomic E-state index is 0.215. The van der Waals surface area contributed by atoms with Gasteiger partial charge in [0.05, 0.1) is 5.84 Å². The van der Waals surface area contributed by atoms with E-state index in [4.69, 9.17) is 11.1 Å². The van der Waals surface area contributed by atoms with Crippen molar-refractivity contribution >= 4 is 5.84 Å². The van der Waals surface area contributed by atoms with E-state index in [0.717, 1.165) is 19.1 Å². The van der Waals surface area contributed by atoms with Crippen LogP contribution in [0.4, 0.5) is 0 Å². The summed E-state index contributed by atoms with van der Waals surface area (Å²) in [6.07, 6.45) is 3.87. The Morgan fingerprint density at radius 2 is 2.23 bits per heavy atom. The van der Waals surface area contributed by atoms with Crippen molar-refractivity contribution in [3.63, 3.8) is 0 Å². The van der Waals surface area contributed by atoms with Gasteiger partial charge in [0.2, 0.25) is 0 Å². The lowest BCUT2D eigenvalue weighted by molar-refractivity contribution is 0.248. The van der Waals surface area contributed by atoms with Crippen molar-refractivity contribution < 1.29 is 0 Å². The molecule has 1 rings (SSSR count). The minimum absolute atomic E-state index is 0.215. The first-order chi connectivity index (χ1) is 6.15. The maximum Gasteiger partial charge on any atom is 0.0947 e. The molecule has 1 fully saturated rings. The van der Waals surface area contributed by atoms with Crippen molar-refractivity contribution in [2.75, 3.05) is 13.1 Å². The van der Waals surface area contributed by atoms with Crippen LogP contribution in [0.15, 0.2) is 0 Å². The van der Waals surface area contributed by atoms with Crippen LogP contribution in [0.3, 0.4) is 0 Å². The first kappa shape index (κ1) is 10.5. The van der Waals surface area contributed by atoms with Gasteiger partial charge >= 0.3 is 0 Å². The molecule has 1 atom stereocenters. The maximum absolute atomic E-state index is 7.34. The van der Waals surface area contributed by atoms with Crippen LogP contribution in [0.25, 0.3) is 0 Å². The predicted molar refractivity (Wildman–Crippen MR) is 56.0 cm³/mol. The lowest BCUT2D eigenvalue weighted by Crippen LogP contribution is -2.36. The van der Waals surface area contributed by atoms with E-state index in [2.05, 4.69) is 11.8 Å². The molecule has 1 aliphatic rings. The number of amidine groups is 1. The molecule has 0 heterocycles. The van der Waals surface area contributed by atoms with Crippen LogP contribution in [-0.4, -0.2) is 29.9 Å². The summed E-state index contributed by atoms with van der Waals surface area (Å²) in [5, 5.41) is 7.34. The smallest absolute Gasteiger partial charge is 0.0947 e. The molecule has 0 spiro atoms. The molecular weight excluding hydrogens is 162 g/mol. The summed E-state index contributed by atoms with van der Waals surface area (Å²) in [6.45, 7) is 6.36. The lowest BCUT2D eigenvalue weighted by atomic mass is 10.1. The van der Waals surface area contributed by atoms with E-state index in [9.17, 15) is 0 Å². The quantitative estimate of drug-likeness (QED) is 0.483. The zero-order chi connectivity index (χ0) is 9.84. The molecular formula is C10H21N3. The van der Waals surface area contributed by atoms with E-state index in [-0.39, 0.29) is 5.92 Å². The van der Waals surface area contributed by atoms with E-state index >= 15 is 0 Å². The first-order valence-electron chi connectivity index (χ1n) is 5.23. The Morgan fingerprint density at radius 3 is 2.62 bits per heavy atom. The second-order valence-electron chi connectivity index (χ2n) is 4.08. The van der Waals surface area contributed by atoms with Crippen molar-refractivity contribution in [1.82, 2.24) is 4.90 Å². The average Bonchev–Trinajstić information content (AvgIpc) is 2.85. The van der Waals surface area contributed by atoms with Crippen LogP contribution in [0, 0.1) is 11.3 Å². The highest BCUT2D eigenvalue weighted by atomic mass is 15.2. The van der Waals surface area contributed by atoms with Gasteiger partial charge < -0.3 is 5.73 Å². The molecule has 0 bridgehead atoms. The summed E-state index contributed by atoms with van der Waals surface area (Å²) >= 11 is 0. The Hall–Kier alpha value is -0.570. The average molecular weight is 183 g/mol. The summed E-state index contributed by atoms with van der Waals surface area (Å²) in [7, 11) is 0. The van der Waals surface area contributed by atoms with Gasteiger partial charge in [-0.15, -0.1) is 0 Å². The molecule has 3 N–H and O–H groups in total. The van der Waals surface area contributed by atoms with Crippen LogP contribution in [0.1, 0.15) is 33.1 Å². The van der Waals surface area contributed by atoms with Crippen LogP contribution in [0.2, 0.25) is 0 Å². The van der Waals surface area contributed by atoms with Gasteiger partial charge in [0.25, 0.3) is 0 Å². The van der Waals surface area contributed by atoms with E-state index in [1.54, 1.807) is 0 Å². The first-order valence-corrected chi connectivity index (χ1v) is 5.23. The zero-order valence-corrected chi connectivity index (χ0v) is 8.71. The second kappa shape index (κ2) is 4.61. The predicted octanol–water partition coefficient (Wildman–Crippen LogP) is 1.43. The lowest BCUT2D eigenvalue weighted by Gasteiger charge is -2.24. The molecule has 0 aromatic carbocycles. The zero-order valence-electron chi connectivity index (χ0n) is 8.71. The summed E-state index contributed by atoms with van der Waals surface area (Å²) in [5.41, 5.74) is 5.46. The van der Waals surface area contributed by atoms with Crippen LogP contribution >= 0.6 is 0 Å². The minimum Gasteiger partial charge on any atom is -0.387 e. The van der Waals surface area contributed by atoms with Gasteiger partial charge in [-0.25, -0.2) is 0 Å². The number of hydrogen-bond donors (Lipinski definition) is 2. The molecule has 13 heavy (non-hydrogen) atoms. The Morgan fingerprint density at radius 1 is 1.62 bits per heavy atom. The molecule has 0 amide bonds. The molecule has 1 aliphatic carbocycles. The SMILES string of the molecule is CCCN(CC(C)C(=N)N)C1CC1. The largest absolute Gasteiger partial charge is 0.387 e. The monoisotopic (exact) mass is 183 g/mol. The second-order valence-corrected chi connectivity index (χ2v) is 4.08. The van der Waals surface area contributed by atoms with Gasteiger partial charge in [0, 0.05) is 18.5 Å². The fourth-order valence-corrected chi connectivity index (χ4v) is 1.60. The third-order valence-corrected chi connectivity index (χ3v) is 2.61. The molecule has 0 aliphatic heterocycles. The summed E-state index contributed by atoms with van der Waals surface area (Å²) in [4.78, 5) is 2.48. The molecule has 1 unspecified atom stereocenters. The summed E-state index contributed by atoms with van der Waals surface area (Å²) in [6, 6.07) is 0.793. The number of rotatable bonds is 6. The van der Waals surface area contributed by atoms with E-state index in [1.807, 2.05) is 6.92 Å². The van der Waals surface area contributed by atoms with Crippen LogP contribution in [0.5, 0.6) is 0 Å². The van der Waals surface area contributed by atoms with Gasteiger partial charge in [-0.05, 0) is 25.8 Å². The van der Waals surface area contributed by atoms with E-state index in [1.165, 1.54) is 19.3 Å². The number of nitrogens with one attached hydrogen (secondary N) is 1. The number of hydrogen-bond acceptors (Lipinski definition) is 2. The summed E-state index contributed by atoms with van der Waals surface area (Å²) in [5.74, 6) is 0.536. The third kappa shape index (κ3) is 3.35. The normalized spacial score (nSPS) is 19.0. The fourth-order valence-electron chi connectivity index (χ4n) is 1.60. The van der Waals surface area contributed by atoms with Gasteiger partial charge in [0.1, 0.15) is 0 Å². The Balaban J connectivity index is 2.32. The standard InChI is InChI=1S/C10H21N3/c1-3-6-13(9-4-5-9)7-8(2)10(11)12/h8-9H,3-7H2,1-2H3,(H3,11,12). The van der Waals surface area contributed by atoms with Crippen molar-refractivity contribution in [2.45, 2.75) is 39.2 Å². The van der Waals surface area contributed by atoms with Crippen LogP contribution < -0.4 is 5.73 Å². The van der Waals surface area contributed by atoms with Gasteiger partial charge in [-0.1, -0.05) is 13.8 Å². The molecule has 1 saturated carbocycles. The third-order valence-electron chi connectivity index (χ3n) is 2.61. The molecule has 3 nitrogen and oxygen atoms in total. The Labute approximate surface area is 80.8 Å². The Kier molecular flexibility index (Phi) is 3.72. The topological polar surface area (TPSA) is 53.1 Å². The molecule has 0 radical (unpaired) electrons. The highest BCUT2D eigenvalue weighted by Crippen LogP contribution is 2.27. The van der Waals surface area contributed by atoms with Crippen molar-refractivity contribution in [3.05, 3.63) is 0 Å². The van der Waals surface area contributed by atoms with Gasteiger partial charge in [-0.3, -0.25) is 10.3 Å². The molecule has 3 heteroatoms. The van der Waals surface area contributed by atoms with E-state index in [0.29, 0.717) is 5.84 Å². The van der Waals surface area contributed by atoms with E-state index < -0.39 is 0 Å². The maximum atomic E-state index is 7.34. The molecule has 0 aromatic heterocycles. The molecule has 0 aromatic rings. The van der Waals surface area contributed by atoms with Crippen LogP contribution in [-0.2, 0) is 0 Å². The van der Waals surface area contributed by atoms with Gasteiger partial charge in [0.15, 0.2) is 0 Å². The highest BCUT2D eigenvalue weighted by Gasteiger charge is 2.29. The Bertz CT molecular complexity index is 175. The van der Waals surface area contributed by atoms with Gasteiger partial charge in [-0.2, -0.15) is 0 Å². The number of nitrogens with zero attached hydrogens (tertiary/aromatic N) is 1. The van der Waals surface area contributed by atoms with Crippen molar-refractivity contribution in [1.29, 1.82) is 5.41 Å². The summed E-state index contributed by atoms with van der Waals surface area (Å²) < 4.78 is 0. The van der Waals surface area contributed by atoms with Crippen molar-refractivity contribution in [2.24, 2.45) is 11.7 Å². The highest BCUT2D eigenvalue weighted by molar-refractivity contribution is 5.79.